The predicted octanol–water partition coefficient (Wildman–Crippen LogP) is 4.40. The van der Waals surface area contributed by atoms with Crippen molar-refractivity contribution in [1.29, 1.82) is 0 Å². The summed E-state index contributed by atoms with van der Waals surface area (Å²) in [4.78, 5) is 28.6. The molecule has 3 heterocycles. The molecule has 1 aliphatic heterocycles. The molecule has 1 aromatic carbocycles. The summed E-state index contributed by atoms with van der Waals surface area (Å²) in [5.41, 5.74) is 2.78. The Bertz CT molecular complexity index is 1020. The number of benzene rings is 1. The lowest BCUT2D eigenvalue weighted by atomic mass is 9.84. The van der Waals surface area contributed by atoms with Gasteiger partial charge in [-0.25, -0.2) is 9.97 Å². The molecule has 1 aliphatic carbocycles. The number of amides is 1. The lowest BCUT2D eigenvalue weighted by Crippen LogP contribution is -2.37. The second-order valence-corrected chi connectivity index (χ2v) is 8.13. The number of hydrogen-bond acceptors (Lipinski definition) is 5. The van der Waals surface area contributed by atoms with Gasteiger partial charge in [0.15, 0.2) is 0 Å². The van der Waals surface area contributed by atoms with Crippen molar-refractivity contribution in [1.82, 2.24) is 19.9 Å². The van der Waals surface area contributed by atoms with Crippen LogP contribution < -0.4 is 5.32 Å². The summed E-state index contributed by atoms with van der Waals surface area (Å²) in [7, 11) is 0. The van der Waals surface area contributed by atoms with Crippen LogP contribution in [0.25, 0.3) is 11.3 Å². The summed E-state index contributed by atoms with van der Waals surface area (Å²) in [6.45, 7) is 1.50. The zero-order valence-electron chi connectivity index (χ0n) is 16.9. The van der Waals surface area contributed by atoms with Gasteiger partial charge in [-0.3, -0.25) is 9.78 Å². The molecule has 30 heavy (non-hydrogen) atoms. The smallest absolute Gasteiger partial charge is 0.225 e. The Morgan fingerprint density at radius 2 is 1.90 bits per heavy atom. The second kappa shape index (κ2) is 8.22. The maximum absolute atomic E-state index is 12.7. The average Bonchev–Trinajstić information content (AvgIpc) is 3.24. The zero-order chi connectivity index (χ0) is 20.3. The first-order chi connectivity index (χ1) is 14.8. The van der Waals surface area contributed by atoms with Crippen molar-refractivity contribution in [2.45, 2.75) is 31.6 Å². The van der Waals surface area contributed by atoms with E-state index >= 15 is 0 Å². The summed E-state index contributed by atoms with van der Waals surface area (Å²) >= 11 is 0. The fourth-order valence-electron chi connectivity index (χ4n) is 4.13. The second-order valence-electron chi connectivity index (χ2n) is 8.13. The summed E-state index contributed by atoms with van der Waals surface area (Å²) in [5, 5.41) is 3.40. The molecular formula is C24H25N5O. The summed E-state index contributed by atoms with van der Waals surface area (Å²) in [6, 6.07) is 15.9. The van der Waals surface area contributed by atoms with E-state index in [2.05, 4.69) is 10.3 Å². The third kappa shape index (κ3) is 3.90. The summed E-state index contributed by atoms with van der Waals surface area (Å²) in [6.07, 6.45) is 7.74. The minimum Gasteiger partial charge on any atom is -0.342 e. The molecule has 152 valence electrons. The number of likely N-dealkylation sites (tertiary alicyclic amines) is 1. The van der Waals surface area contributed by atoms with Gasteiger partial charge in [0.2, 0.25) is 5.91 Å². The highest BCUT2D eigenvalue weighted by Gasteiger charge is 2.35. The maximum atomic E-state index is 12.7. The molecule has 5 rings (SSSR count). The molecule has 1 saturated heterocycles. The topological polar surface area (TPSA) is 71.0 Å². The standard InChI is InChI=1S/C24H25N5O/c30-24(17-6-4-7-17)29-13-11-19(16-29)23-27-21(18-8-5-12-25-15-18)14-22(28-23)26-20-9-2-1-3-10-20/h1-3,5,8-10,12,14-15,17,19H,4,6-7,11,13,16H2,(H,26,27,28). The first-order valence-electron chi connectivity index (χ1n) is 10.7. The van der Waals surface area contributed by atoms with Crippen LogP contribution in [-0.4, -0.2) is 38.8 Å². The molecule has 2 aliphatic rings. The van der Waals surface area contributed by atoms with Crippen molar-refractivity contribution in [3.8, 4) is 11.3 Å². The van der Waals surface area contributed by atoms with Gasteiger partial charge in [-0.1, -0.05) is 24.6 Å². The van der Waals surface area contributed by atoms with Gasteiger partial charge in [-0.2, -0.15) is 0 Å². The van der Waals surface area contributed by atoms with Gasteiger partial charge in [-0.15, -0.1) is 0 Å². The normalized spacial score (nSPS) is 18.8. The number of rotatable bonds is 5. The van der Waals surface area contributed by atoms with E-state index in [0.717, 1.165) is 54.4 Å². The Morgan fingerprint density at radius 1 is 1.03 bits per heavy atom. The predicted molar refractivity (Wildman–Crippen MR) is 116 cm³/mol. The van der Waals surface area contributed by atoms with Crippen LogP contribution in [0.2, 0.25) is 0 Å². The molecule has 6 nitrogen and oxygen atoms in total. The lowest BCUT2D eigenvalue weighted by Gasteiger charge is -2.29. The molecule has 0 bridgehead atoms. The maximum Gasteiger partial charge on any atom is 0.225 e. The first kappa shape index (κ1) is 18.7. The van der Waals surface area contributed by atoms with Crippen molar-refractivity contribution in [2.75, 3.05) is 18.4 Å². The average molecular weight is 399 g/mol. The van der Waals surface area contributed by atoms with Crippen molar-refractivity contribution >= 4 is 17.4 Å². The fourth-order valence-corrected chi connectivity index (χ4v) is 4.13. The fraction of sp³-hybridized carbons (Fsp3) is 0.333. The number of carbonyl (C=O) groups excluding carboxylic acids is 1. The van der Waals surface area contributed by atoms with E-state index in [0.29, 0.717) is 12.5 Å². The molecule has 3 aromatic rings. The third-order valence-electron chi connectivity index (χ3n) is 6.07. The minimum absolute atomic E-state index is 0.155. The Hall–Kier alpha value is -3.28. The van der Waals surface area contributed by atoms with E-state index in [4.69, 9.17) is 9.97 Å². The number of hydrogen-bond donors (Lipinski definition) is 1. The van der Waals surface area contributed by atoms with Crippen LogP contribution in [0.5, 0.6) is 0 Å². The molecular weight excluding hydrogens is 374 g/mol. The monoisotopic (exact) mass is 399 g/mol. The van der Waals surface area contributed by atoms with Gasteiger partial charge in [0.05, 0.1) is 5.69 Å². The number of para-hydroxylation sites is 1. The number of nitrogens with one attached hydrogen (secondary N) is 1. The number of pyridine rings is 1. The lowest BCUT2D eigenvalue weighted by molar-refractivity contribution is -0.137. The Balaban J connectivity index is 1.43. The van der Waals surface area contributed by atoms with Gasteiger partial charge in [0.1, 0.15) is 11.6 Å². The Morgan fingerprint density at radius 3 is 2.63 bits per heavy atom. The molecule has 0 radical (unpaired) electrons. The quantitative estimate of drug-likeness (QED) is 0.689. The van der Waals surface area contributed by atoms with Gasteiger partial charge >= 0.3 is 0 Å². The van der Waals surface area contributed by atoms with Crippen LogP contribution in [0, 0.1) is 5.92 Å². The number of nitrogens with zero attached hydrogens (tertiary/aromatic N) is 4. The molecule has 1 N–H and O–H groups in total. The van der Waals surface area contributed by atoms with Crippen LogP contribution >= 0.6 is 0 Å². The number of carbonyl (C=O) groups is 1. The molecule has 2 fully saturated rings. The molecule has 1 unspecified atom stereocenters. The number of aromatic nitrogens is 3. The third-order valence-corrected chi connectivity index (χ3v) is 6.07. The zero-order valence-corrected chi connectivity index (χ0v) is 16.9. The Labute approximate surface area is 176 Å². The molecule has 1 saturated carbocycles. The van der Waals surface area contributed by atoms with Gasteiger partial charge in [0, 0.05) is 54.6 Å². The van der Waals surface area contributed by atoms with Gasteiger partial charge < -0.3 is 10.2 Å². The van der Waals surface area contributed by atoms with Gasteiger partial charge in [-0.05, 0) is 43.5 Å². The van der Waals surface area contributed by atoms with Crippen LogP contribution in [0.1, 0.15) is 37.4 Å². The summed E-state index contributed by atoms with van der Waals surface area (Å²) in [5.74, 6) is 2.26. The molecule has 0 spiro atoms. The van der Waals surface area contributed by atoms with E-state index in [1.165, 1.54) is 6.42 Å². The highest BCUT2D eigenvalue weighted by molar-refractivity contribution is 5.80. The van der Waals surface area contributed by atoms with Crippen LogP contribution in [0.4, 0.5) is 11.5 Å². The first-order valence-corrected chi connectivity index (χ1v) is 10.7. The van der Waals surface area contributed by atoms with Gasteiger partial charge in [0.25, 0.3) is 0 Å². The van der Waals surface area contributed by atoms with E-state index in [1.807, 2.05) is 59.6 Å². The summed E-state index contributed by atoms with van der Waals surface area (Å²) < 4.78 is 0. The van der Waals surface area contributed by atoms with Crippen molar-refractivity contribution in [3.63, 3.8) is 0 Å². The van der Waals surface area contributed by atoms with Crippen molar-refractivity contribution in [3.05, 3.63) is 66.7 Å². The van der Waals surface area contributed by atoms with E-state index in [9.17, 15) is 4.79 Å². The van der Waals surface area contributed by atoms with Crippen LogP contribution in [0.3, 0.4) is 0 Å². The van der Waals surface area contributed by atoms with E-state index in [-0.39, 0.29) is 11.8 Å². The molecule has 6 heteroatoms. The SMILES string of the molecule is O=C(C1CCC1)N1CCC(c2nc(Nc3ccccc3)cc(-c3cccnc3)n2)C1. The Kier molecular flexibility index (Phi) is 5.13. The highest BCUT2D eigenvalue weighted by atomic mass is 16.2. The van der Waals surface area contributed by atoms with E-state index in [1.54, 1.807) is 6.20 Å². The molecule has 1 atom stereocenters. The molecule has 2 aromatic heterocycles. The highest BCUT2D eigenvalue weighted by Crippen LogP contribution is 2.33. The van der Waals surface area contributed by atoms with Crippen LogP contribution in [-0.2, 0) is 4.79 Å². The van der Waals surface area contributed by atoms with Crippen molar-refractivity contribution < 1.29 is 4.79 Å². The van der Waals surface area contributed by atoms with E-state index < -0.39 is 0 Å². The largest absolute Gasteiger partial charge is 0.342 e. The minimum atomic E-state index is 0.155. The van der Waals surface area contributed by atoms with Crippen LogP contribution in [0.15, 0.2) is 60.9 Å². The van der Waals surface area contributed by atoms with Crippen molar-refractivity contribution in [2.24, 2.45) is 5.92 Å². The number of anilines is 2. The molecule has 1 amide bonds.